The third-order valence-electron chi connectivity index (χ3n) is 4.59. The van der Waals surface area contributed by atoms with Gasteiger partial charge in [0.05, 0.1) is 12.7 Å². The Labute approximate surface area is 153 Å². The maximum absolute atomic E-state index is 9.75. The van der Waals surface area contributed by atoms with E-state index in [1.165, 1.54) is 10.4 Å². The number of hydrogen-bond acceptors (Lipinski definition) is 2. The molecule has 2 nitrogen and oxygen atoms in total. The van der Waals surface area contributed by atoms with Crippen LogP contribution in [0.2, 0.25) is 5.04 Å². The van der Waals surface area contributed by atoms with Crippen molar-refractivity contribution >= 4 is 18.7 Å². The second-order valence-corrected chi connectivity index (χ2v) is 11.7. The Balaban J connectivity index is 2.48. The lowest BCUT2D eigenvalue weighted by molar-refractivity contribution is 0.217. The molecule has 0 heterocycles. The molecule has 2 aromatic carbocycles. The van der Waals surface area contributed by atoms with E-state index in [-0.39, 0.29) is 5.04 Å². The van der Waals surface area contributed by atoms with E-state index < -0.39 is 14.4 Å². The molecule has 0 aliphatic carbocycles. The van der Waals surface area contributed by atoms with Gasteiger partial charge < -0.3 is 9.53 Å². The highest BCUT2D eigenvalue weighted by Crippen LogP contribution is 2.36. The first-order valence-corrected chi connectivity index (χ1v) is 10.9. The zero-order valence-corrected chi connectivity index (χ0v) is 16.8. The Morgan fingerprint density at radius 3 is 1.84 bits per heavy atom. The lowest BCUT2D eigenvalue weighted by Crippen LogP contribution is -2.66. The van der Waals surface area contributed by atoms with Gasteiger partial charge in [-0.3, -0.25) is 0 Å². The third kappa shape index (κ3) is 4.49. The van der Waals surface area contributed by atoms with Crippen molar-refractivity contribution in [2.75, 3.05) is 6.61 Å². The molecule has 1 unspecified atom stereocenters. The van der Waals surface area contributed by atoms with Gasteiger partial charge in [0, 0.05) is 0 Å². The van der Waals surface area contributed by atoms with Crippen molar-refractivity contribution in [2.24, 2.45) is 0 Å². The number of rotatable bonds is 7. The van der Waals surface area contributed by atoms with Crippen molar-refractivity contribution in [1.29, 1.82) is 0 Å². The van der Waals surface area contributed by atoms with Crippen LogP contribution < -0.4 is 10.4 Å². The second-order valence-electron chi connectivity index (χ2n) is 7.38. The first-order chi connectivity index (χ1) is 11.9. The van der Waals surface area contributed by atoms with E-state index in [0.29, 0.717) is 6.61 Å². The van der Waals surface area contributed by atoms with E-state index in [0.717, 1.165) is 6.42 Å². The molecule has 0 aliphatic heterocycles. The zero-order valence-electron chi connectivity index (χ0n) is 15.8. The van der Waals surface area contributed by atoms with E-state index in [9.17, 15) is 5.11 Å². The van der Waals surface area contributed by atoms with E-state index >= 15 is 0 Å². The molecule has 2 aromatic rings. The summed E-state index contributed by atoms with van der Waals surface area (Å²) in [5.74, 6) is 0. The van der Waals surface area contributed by atoms with Gasteiger partial charge in [0.2, 0.25) is 0 Å². The molecule has 0 radical (unpaired) electrons. The maximum Gasteiger partial charge on any atom is 0.261 e. The first kappa shape index (κ1) is 19.6. The van der Waals surface area contributed by atoms with Gasteiger partial charge in [-0.05, 0) is 21.8 Å². The second kappa shape index (κ2) is 8.61. The summed E-state index contributed by atoms with van der Waals surface area (Å²) in [6.07, 6.45) is 4.10. The fraction of sp³-hybridized carbons (Fsp3) is 0.364. The Bertz CT molecular complexity index is 620. The summed E-state index contributed by atoms with van der Waals surface area (Å²) in [7, 11) is -2.46. The summed E-state index contributed by atoms with van der Waals surface area (Å²) in [4.78, 5) is 0. The molecule has 1 atom stereocenters. The average molecular weight is 355 g/mol. The smallest absolute Gasteiger partial charge is 0.261 e. The number of hydrogen-bond donors (Lipinski definition) is 1. The summed E-state index contributed by atoms with van der Waals surface area (Å²) < 4.78 is 6.70. The Kier molecular flexibility index (Phi) is 6.76. The SMILES string of the molecule is CCC(O)/C=C\CO[Si](c1ccccc1)(c1ccccc1)C(C)(C)C. The molecule has 0 saturated carbocycles. The number of aliphatic hydroxyl groups is 1. The van der Waals surface area contributed by atoms with Crippen molar-refractivity contribution in [1.82, 2.24) is 0 Å². The number of benzene rings is 2. The van der Waals surface area contributed by atoms with Gasteiger partial charge in [-0.1, -0.05) is 101 Å². The predicted molar refractivity (Wildman–Crippen MR) is 109 cm³/mol. The van der Waals surface area contributed by atoms with Gasteiger partial charge in [-0.2, -0.15) is 0 Å². The Morgan fingerprint density at radius 1 is 0.960 bits per heavy atom. The molecule has 0 bridgehead atoms. The molecule has 0 aromatic heterocycles. The largest absolute Gasteiger partial charge is 0.404 e. The highest BCUT2D eigenvalue weighted by molar-refractivity contribution is 6.99. The van der Waals surface area contributed by atoms with Crippen LogP contribution in [0.1, 0.15) is 34.1 Å². The molecule has 1 N–H and O–H groups in total. The van der Waals surface area contributed by atoms with Crippen molar-refractivity contribution in [3.63, 3.8) is 0 Å². The van der Waals surface area contributed by atoms with Gasteiger partial charge in [-0.15, -0.1) is 0 Å². The molecule has 2 rings (SSSR count). The maximum atomic E-state index is 9.75. The summed E-state index contributed by atoms with van der Waals surface area (Å²) in [6.45, 7) is 9.28. The Hall–Kier alpha value is -1.68. The summed E-state index contributed by atoms with van der Waals surface area (Å²) in [6, 6.07) is 21.2. The van der Waals surface area contributed by atoms with Crippen molar-refractivity contribution < 1.29 is 9.53 Å². The van der Waals surface area contributed by atoms with Crippen molar-refractivity contribution in [3.05, 3.63) is 72.8 Å². The highest BCUT2D eigenvalue weighted by Gasteiger charge is 2.49. The van der Waals surface area contributed by atoms with Crippen LogP contribution in [0.25, 0.3) is 0 Å². The van der Waals surface area contributed by atoms with Crippen LogP contribution in [-0.2, 0) is 4.43 Å². The van der Waals surface area contributed by atoms with Crippen molar-refractivity contribution in [3.8, 4) is 0 Å². The van der Waals surface area contributed by atoms with Crippen LogP contribution in [0, 0.1) is 0 Å². The monoisotopic (exact) mass is 354 g/mol. The van der Waals surface area contributed by atoms with E-state index in [4.69, 9.17) is 4.43 Å². The summed E-state index contributed by atoms with van der Waals surface area (Å²) in [5, 5.41) is 12.3. The minimum atomic E-state index is -2.46. The van der Waals surface area contributed by atoms with Crippen molar-refractivity contribution in [2.45, 2.75) is 45.3 Å². The standard InChI is InChI=1S/C22H30O2Si/c1-5-19(23)13-12-18-24-25(22(2,3)4,20-14-8-6-9-15-20)21-16-10-7-11-17-21/h6-17,19,23H,5,18H2,1-4H3/b13-12-. The fourth-order valence-electron chi connectivity index (χ4n) is 3.28. The molecule has 0 amide bonds. The molecule has 0 aliphatic rings. The van der Waals surface area contributed by atoms with Gasteiger partial charge in [-0.25, -0.2) is 0 Å². The molecule has 3 heteroatoms. The van der Waals surface area contributed by atoms with E-state index in [1.807, 2.05) is 31.2 Å². The van der Waals surface area contributed by atoms with Crippen LogP contribution in [0.3, 0.4) is 0 Å². The molecule has 134 valence electrons. The van der Waals surface area contributed by atoms with Gasteiger partial charge in [0.1, 0.15) is 0 Å². The first-order valence-electron chi connectivity index (χ1n) is 9.01. The van der Waals surface area contributed by atoms with Gasteiger partial charge >= 0.3 is 0 Å². The predicted octanol–water partition coefficient (Wildman–Crippen LogP) is 3.89. The van der Waals surface area contributed by atoms with Crippen LogP contribution in [-0.4, -0.2) is 26.1 Å². The highest BCUT2D eigenvalue weighted by atomic mass is 28.4. The molecule has 0 fully saturated rings. The summed E-state index contributed by atoms with van der Waals surface area (Å²) >= 11 is 0. The fourth-order valence-corrected chi connectivity index (χ4v) is 7.79. The molecule has 25 heavy (non-hydrogen) atoms. The number of aliphatic hydroxyl groups excluding tert-OH is 1. The normalized spacial score (nSPS) is 14.0. The quantitative estimate of drug-likeness (QED) is 0.604. The lowest BCUT2D eigenvalue weighted by atomic mass is 10.2. The molecular weight excluding hydrogens is 324 g/mol. The minimum Gasteiger partial charge on any atom is -0.404 e. The van der Waals surface area contributed by atoms with Crippen LogP contribution in [0.5, 0.6) is 0 Å². The van der Waals surface area contributed by atoms with Gasteiger partial charge in [0.15, 0.2) is 0 Å². The molecule has 0 saturated heterocycles. The molecule has 0 spiro atoms. The summed E-state index contributed by atoms with van der Waals surface area (Å²) in [5.41, 5.74) is 0. The van der Waals surface area contributed by atoms with Crippen LogP contribution in [0.4, 0.5) is 0 Å². The molecular formula is C22H30O2Si. The average Bonchev–Trinajstić information content (AvgIpc) is 2.62. The van der Waals surface area contributed by atoms with E-state index in [1.54, 1.807) is 0 Å². The topological polar surface area (TPSA) is 29.5 Å². The van der Waals surface area contributed by atoms with E-state index in [2.05, 4.69) is 69.3 Å². The zero-order chi connectivity index (χ0) is 18.3. The minimum absolute atomic E-state index is 0.0209. The van der Waals surface area contributed by atoms with Crippen LogP contribution >= 0.6 is 0 Å². The van der Waals surface area contributed by atoms with Gasteiger partial charge in [0.25, 0.3) is 8.32 Å². The Morgan fingerprint density at radius 2 is 1.44 bits per heavy atom. The lowest BCUT2D eigenvalue weighted by Gasteiger charge is -2.42. The van der Waals surface area contributed by atoms with Crippen LogP contribution in [0.15, 0.2) is 72.8 Å². The third-order valence-corrected chi connectivity index (χ3v) is 9.59.